The van der Waals surface area contributed by atoms with Crippen LogP contribution >= 0.6 is 11.9 Å². The van der Waals surface area contributed by atoms with Crippen LogP contribution in [0.3, 0.4) is 0 Å². The van der Waals surface area contributed by atoms with Crippen LogP contribution in [0.4, 0.5) is 0 Å². The van der Waals surface area contributed by atoms with E-state index < -0.39 is 0 Å². The minimum absolute atomic E-state index is 0.821. The predicted octanol–water partition coefficient (Wildman–Crippen LogP) is 4.60. The molecule has 3 rings (SSSR count). The van der Waals surface area contributed by atoms with Crippen molar-refractivity contribution in [3.05, 3.63) is 71.8 Å². The Balaban J connectivity index is 1.43. The van der Waals surface area contributed by atoms with Crippen LogP contribution in [0.15, 0.2) is 60.7 Å². The van der Waals surface area contributed by atoms with Gasteiger partial charge in [0, 0.05) is 30.6 Å². The summed E-state index contributed by atoms with van der Waals surface area (Å²) in [7, 11) is 0. The minimum atomic E-state index is 0.821. The molecule has 2 aromatic rings. The Bertz CT molecular complexity index is 619. The number of nitrogens with zero attached hydrogens (tertiary/aromatic N) is 1. The van der Waals surface area contributed by atoms with Crippen molar-refractivity contribution >= 4 is 11.9 Å². The molecule has 0 saturated carbocycles. The molecule has 1 heterocycles. The van der Waals surface area contributed by atoms with Gasteiger partial charge in [0.05, 0.1) is 0 Å². The zero-order chi connectivity index (χ0) is 15.0. The molecule has 0 radical (unpaired) electrons. The summed E-state index contributed by atoms with van der Waals surface area (Å²) in [6.07, 6.45) is 3.76. The molecule has 1 aliphatic heterocycles. The van der Waals surface area contributed by atoms with Gasteiger partial charge in [-0.2, -0.15) is 0 Å². The smallest absolute Gasteiger partial charge is 0.0254 e. The average Bonchev–Trinajstić information content (AvgIpc) is 2.58. The standard InChI is InChI=1S/C20H21NS/c1-3-7-18(8-4-1)13-16-22-21-14-11-20(12-15-21)17-19-9-5-2-6-10-19/h1-10,20H,11-12,14-15,17H2. The molecule has 0 spiro atoms. The van der Waals surface area contributed by atoms with Crippen LogP contribution in [-0.2, 0) is 6.42 Å². The van der Waals surface area contributed by atoms with E-state index in [4.69, 9.17) is 0 Å². The van der Waals surface area contributed by atoms with E-state index in [0.29, 0.717) is 0 Å². The zero-order valence-electron chi connectivity index (χ0n) is 12.7. The summed E-state index contributed by atoms with van der Waals surface area (Å²) in [5, 5.41) is 3.23. The van der Waals surface area contributed by atoms with Gasteiger partial charge in [0.25, 0.3) is 0 Å². The summed E-state index contributed by atoms with van der Waals surface area (Å²) in [6, 6.07) is 21.1. The van der Waals surface area contributed by atoms with Crippen LogP contribution in [0.5, 0.6) is 0 Å². The zero-order valence-corrected chi connectivity index (χ0v) is 13.6. The lowest BCUT2D eigenvalue weighted by molar-refractivity contribution is 0.291. The Hall–Kier alpha value is -1.69. The maximum atomic E-state index is 3.23. The van der Waals surface area contributed by atoms with Crippen LogP contribution < -0.4 is 0 Å². The Labute approximate surface area is 137 Å². The van der Waals surface area contributed by atoms with Crippen LogP contribution in [0.25, 0.3) is 0 Å². The highest BCUT2D eigenvalue weighted by Crippen LogP contribution is 2.25. The lowest BCUT2D eigenvalue weighted by Gasteiger charge is -2.29. The van der Waals surface area contributed by atoms with Crippen molar-refractivity contribution in [3.63, 3.8) is 0 Å². The van der Waals surface area contributed by atoms with Crippen LogP contribution in [0.1, 0.15) is 24.0 Å². The van der Waals surface area contributed by atoms with Gasteiger partial charge in [-0.25, -0.2) is 4.31 Å². The number of benzene rings is 2. The molecule has 0 N–H and O–H groups in total. The van der Waals surface area contributed by atoms with Gasteiger partial charge in [0.2, 0.25) is 0 Å². The lowest BCUT2D eigenvalue weighted by atomic mass is 9.91. The van der Waals surface area contributed by atoms with Gasteiger partial charge in [0.15, 0.2) is 0 Å². The second-order valence-electron chi connectivity index (χ2n) is 5.75. The maximum Gasteiger partial charge on any atom is 0.0254 e. The second-order valence-corrected chi connectivity index (χ2v) is 6.65. The number of hydrogen-bond donors (Lipinski definition) is 0. The molecule has 1 fully saturated rings. The molecule has 0 atom stereocenters. The van der Waals surface area contributed by atoms with E-state index in [-0.39, 0.29) is 0 Å². The molecule has 0 unspecified atom stereocenters. The third kappa shape index (κ3) is 4.66. The van der Waals surface area contributed by atoms with Crippen molar-refractivity contribution < 1.29 is 0 Å². The molecule has 0 aromatic heterocycles. The van der Waals surface area contributed by atoms with Crippen LogP contribution in [0, 0.1) is 17.1 Å². The average molecular weight is 307 g/mol. The first kappa shape index (κ1) is 15.2. The Kier molecular flexibility index (Phi) is 5.59. The quantitative estimate of drug-likeness (QED) is 0.602. The van der Waals surface area contributed by atoms with Crippen LogP contribution in [-0.4, -0.2) is 17.4 Å². The summed E-state index contributed by atoms with van der Waals surface area (Å²) < 4.78 is 2.40. The van der Waals surface area contributed by atoms with Gasteiger partial charge in [0.1, 0.15) is 0 Å². The summed E-state index contributed by atoms with van der Waals surface area (Å²) >= 11 is 1.67. The monoisotopic (exact) mass is 307 g/mol. The van der Waals surface area contributed by atoms with E-state index in [9.17, 15) is 0 Å². The highest BCUT2D eigenvalue weighted by Gasteiger charge is 2.19. The SMILES string of the molecule is C(#Cc1ccccc1)SN1CCC(Cc2ccccc2)CC1. The van der Waals surface area contributed by atoms with Gasteiger partial charge in [-0.05, 0) is 48.1 Å². The van der Waals surface area contributed by atoms with Gasteiger partial charge in [-0.1, -0.05) is 54.5 Å². The normalized spacial score (nSPS) is 16.0. The van der Waals surface area contributed by atoms with Crippen molar-refractivity contribution in [3.8, 4) is 11.2 Å². The van der Waals surface area contributed by atoms with Crippen molar-refractivity contribution in [1.82, 2.24) is 4.31 Å². The van der Waals surface area contributed by atoms with E-state index in [1.807, 2.05) is 18.2 Å². The number of hydrogen-bond acceptors (Lipinski definition) is 2. The first-order valence-electron chi connectivity index (χ1n) is 7.92. The Morgan fingerprint density at radius 2 is 1.55 bits per heavy atom. The fourth-order valence-electron chi connectivity index (χ4n) is 2.82. The summed E-state index contributed by atoms with van der Waals surface area (Å²) in [5.41, 5.74) is 2.56. The van der Waals surface area contributed by atoms with Crippen molar-refractivity contribution in [2.45, 2.75) is 19.3 Å². The predicted molar refractivity (Wildman–Crippen MR) is 95.4 cm³/mol. The highest BCUT2D eigenvalue weighted by atomic mass is 32.2. The molecule has 0 bridgehead atoms. The van der Waals surface area contributed by atoms with E-state index in [2.05, 4.69) is 57.9 Å². The largest absolute Gasteiger partial charge is 0.240 e. The second kappa shape index (κ2) is 8.08. The molecule has 0 amide bonds. The molecule has 112 valence electrons. The van der Waals surface area contributed by atoms with Crippen molar-refractivity contribution in [1.29, 1.82) is 0 Å². The Morgan fingerprint density at radius 3 is 2.23 bits per heavy atom. The highest BCUT2D eigenvalue weighted by molar-refractivity contribution is 8.01. The van der Waals surface area contributed by atoms with E-state index in [1.54, 1.807) is 11.9 Å². The van der Waals surface area contributed by atoms with Gasteiger partial charge >= 0.3 is 0 Å². The van der Waals surface area contributed by atoms with E-state index in [1.165, 1.54) is 24.8 Å². The molecule has 1 nitrogen and oxygen atoms in total. The van der Waals surface area contributed by atoms with Crippen LogP contribution in [0.2, 0.25) is 0 Å². The number of rotatable bonds is 3. The maximum absolute atomic E-state index is 3.23. The fourth-order valence-corrected chi connectivity index (χ4v) is 3.51. The third-order valence-corrected chi connectivity index (χ3v) is 4.90. The third-order valence-electron chi connectivity index (χ3n) is 4.08. The first-order valence-corrected chi connectivity index (χ1v) is 8.69. The molecule has 22 heavy (non-hydrogen) atoms. The molecular formula is C20H21NS. The topological polar surface area (TPSA) is 3.24 Å². The summed E-state index contributed by atoms with van der Waals surface area (Å²) in [4.78, 5) is 0. The summed E-state index contributed by atoms with van der Waals surface area (Å²) in [6.45, 7) is 2.29. The minimum Gasteiger partial charge on any atom is -0.240 e. The van der Waals surface area contributed by atoms with Crippen molar-refractivity contribution in [2.75, 3.05) is 13.1 Å². The molecular weight excluding hydrogens is 286 g/mol. The van der Waals surface area contributed by atoms with E-state index >= 15 is 0 Å². The fraction of sp³-hybridized carbons (Fsp3) is 0.300. The molecule has 1 aliphatic rings. The molecule has 1 saturated heterocycles. The molecule has 2 aromatic carbocycles. The lowest BCUT2D eigenvalue weighted by Crippen LogP contribution is -2.29. The van der Waals surface area contributed by atoms with Gasteiger partial charge < -0.3 is 0 Å². The Morgan fingerprint density at radius 1 is 0.909 bits per heavy atom. The molecule has 2 heteroatoms. The van der Waals surface area contributed by atoms with Gasteiger partial charge in [-0.15, -0.1) is 0 Å². The first-order chi connectivity index (χ1) is 10.9. The van der Waals surface area contributed by atoms with Crippen molar-refractivity contribution in [2.24, 2.45) is 5.92 Å². The van der Waals surface area contributed by atoms with E-state index in [0.717, 1.165) is 24.6 Å². The molecule has 0 aliphatic carbocycles. The number of piperidine rings is 1. The van der Waals surface area contributed by atoms with Gasteiger partial charge in [-0.3, -0.25) is 0 Å². The summed E-state index contributed by atoms with van der Waals surface area (Å²) in [5.74, 6) is 4.03.